The van der Waals surface area contributed by atoms with E-state index in [4.69, 9.17) is 0 Å². The van der Waals surface area contributed by atoms with Gasteiger partial charge in [0.2, 0.25) is 0 Å². The van der Waals surface area contributed by atoms with Crippen LogP contribution in [0.15, 0.2) is 46.9 Å². The molecule has 0 fully saturated rings. The van der Waals surface area contributed by atoms with Gasteiger partial charge in [-0.15, -0.1) is 0 Å². The molecule has 0 bridgehead atoms. The van der Waals surface area contributed by atoms with Crippen LogP contribution in [0.3, 0.4) is 0 Å². The lowest BCUT2D eigenvalue weighted by atomic mass is 10.0. The van der Waals surface area contributed by atoms with Crippen LogP contribution in [0.25, 0.3) is 0 Å². The molecule has 2 aromatic carbocycles. The number of anilines is 1. The van der Waals surface area contributed by atoms with Crippen LogP contribution in [0.4, 0.5) is 5.69 Å². The Bertz CT molecular complexity index is 534. The van der Waals surface area contributed by atoms with Gasteiger partial charge in [0.25, 0.3) is 0 Å². The third kappa shape index (κ3) is 1.74. The minimum absolute atomic E-state index is 0.916. The smallest absolute Gasteiger partial charge is 0.0403 e. The molecule has 1 heterocycles. The van der Waals surface area contributed by atoms with Crippen LogP contribution in [-0.4, -0.2) is 0 Å². The van der Waals surface area contributed by atoms with Crippen molar-refractivity contribution in [3.8, 4) is 0 Å². The molecule has 0 amide bonds. The molecule has 0 saturated heterocycles. The first-order valence-electron chi connectivity index (χ1n) is 5.42. The van der Waals surface area contributed by atoms with E-state index in [1.165, 1.54) is 22.4 Å². The quantitative estimate of drug-likeness (QED) is 0.766. The Morgan fingerprint density at radius 3 is 2.62 bits per heavy atom. The van der Waals surface area contributed by atoms with Crippen LogP contribution >= 0.6 is 15.9 Å². The molecule has 1 nitrogen and oxygen atoms in total. The van der Waals surface area contributed by atoms with Gasteiger partial charge in [-0.2, -0.15) is 0 Å². The van der Waals surface area contributed by atoms with Crippen LogP contribution in [0, 0.1) is 0 Å². The zero-order valence-electron chi connectivity index (χ0n) is 8.83. The summed E-state index contributed by atoms with van der Waals surface area (Å²) in [7, 11) is 0. The number of benzene rings is 2. The summed E-state index contributed by atoms with van der Waals surface area (Å²) in [6, 6.07) is 15.1. The number of fused-ring (bicyclic) bond motifs is 2. The summed E-state index contributed by atoms with van der Waals surface area (Å²) < 4.78 is 1.13. The van der Waals surface area contributed by atoms with Gasteiger partial charge in [-0.25, -0.2) is 0 Å². The molecule has 2 heteroatoms. The summed E-state index contributed by atoms with van der Waals surface area (Å²) in [5.41, 5.74) is 5.43. The molecule has 3 rings (SSSR count). The summed E-state index contributed by atoms with van der Waals surface area (Å²) in [6.07, 6.45) is 1.02. The standard InChI is InChI=1S/C14H12BrN/c15-13-6-5-11-7-10-3-1-2-4-12(10)9-16-14(11)8-13/h1-6,8,16H,7,9H2. The highest BCUT2D eigenvalue weighted by Gasteiger charge is 2.11. The molecule has 0 spiro atoms. The maximum atomic E-state index is 3.51. The molecular formula is C14H12BrN. The van der Waals surface area contributed by atoms with Crippen molar-refractivity contribution in [2.24, 2.45) is 0 Å². The summed E-state index contributed by atoms with van der Waals surface area (Å²) in [4.78, 5) is 0. The van der Waals surface area contributed by atoms with Crippen molar-refractivity contribution < 1.29 is 0 Å². The van der Waals surface area contributed by atoms with Gasteiger partial charge >= 0.3 is 0 Å². The van der Waals surface area contributed by atoms with E-state index in [0.29, 0.717) is 0 Å². The number of hydrogen-bond acceptors (Lipinski definition) is 1. The average Bonchev–Trinajstić information content (AvgIpc) is 2.48. The lowest BCUT2D eigenvalue weighted by Crippen LogP contribution is -1.98. The SMILES string of the molecule is Brc1ccc2c(c1)NCc1ccccc1C2. The molecule has 1 N–H and O–H groups in total. The molecule has 0 saturated carbocycles. The fourth-order valence-corrected chi connectivity index (χ4v) is 2.53. The van der Waals surface area contributed by atoms with Crippen molar-refractivity contribution in [3.63, 3.8) is 0 Å². The molecule has 80 valence electrons. The maximum Gasteiger partial charge on any atom is 0.0403 e. The fourth-order valence-electron chi connectivity index (χ4n) is 2.17. The van der Waals surface area contributed by atoms with Crippen molar-refractivity contribution in [1.29, 1.82) is 0 Å². The van der Waals surface area contributed by atoms with E-state index >= 15 is 0 Å². The Kier molecular flexibility index (Phi) is 2.44. The second-order valence-electron chi connectivity index (χ2n) is 4.10. The van der Waals surface area contributed by atoms with Gasteiger partial charge in [-0.3, -0.25) is 0 Å². The van der Waals surface area contributed by atoms with Gasteiger partial charge in [-0.05, 0) is 35.2 Å². The Labute approximate surface area is 104 Å². The Balaban J connectivity index is 2.08. The van der Waals surface area contributed by atoms with Crippen LogP contribution in [0.5, 0.6) is 0 Å². The van der Waals surface area contributed by atoms with Crippen LogP contribution in [-0.2, 0) is 13.0 Å². The third-order valence-corrected chi connectivity index (χ3v) is 3.53. The summed E-state index contributed by atoms with van der Waals surface area (Å²) in [6.45, 7) is 0.916. The Morgan fingerprint density at radius 1 is 0.938 bits per heavy atom. The van der Waals surface area contributed by atoms with Gasteiger partial charge in [0.1, 0.15) is 0 Å². The van der Waals surface area contributed by atoms with Gasteiger partial charge in [0.05, 0.1) is 0 Å². The first-order valence-corrected chi connectivity index (χ1v) is 6.21. The summed E-state index contributed by atoms with van der Waals surface area (Å²) in [5, 5.41) is 3.49. The Hall–Kier alpha value is -1.28. The first kappa shape index (κ1) is 9.91. The van der Waals surface area contributed by atoms with Crippen molar-refractivity contribution in [1.82, 2.24) is 0 Å². The first-order chi connectivity index (χ1) is 7.83. The summed E-state index contributed by atoms with van der Waals surface area (Å²) >= 11 is 3.51. The number of halogens is 1. The highest BCUT2D eigenvalue weighted by Crippen LogP contribution is 2.28. The second kappa shape index (κ2) is 3.95. The van der Waals surface area contributed by atoms with Crippen LogP contribution in [0.1, 0.15) is 16.7 Å². The van der Waals surface area contributed by atoms with Crippen molar-refractivity contribution in [2.75, 3.05) is 5.32 Å². The van der Waals surface area contributed by atoms with E-state index < -0.39 is 0 Å². The number of hydrogen-bond donors (Lipinski definition) is 1. The highest BCUT2D eigenvalue weighted by atomic mass is 79.9. The largest absolute Gasteiger partial charge is 0.381 e. The van der Waals surface area contributed by atoms with E-state index in [9.17, 15) is 0 Å². The molecule has 1 aliphatic heterocycles. The van der Waals surface area contributed by atoms with Gasteiger partial charge in [0, 0.05) is 16.7 Å². The third-order valence-electron chi connectivity index (χ3n) is 3.04. The molecule has 1 aliphatic rings. The highest BCUT2D eigenvalue weighted by molar-refractivity contribution is 9.10. The molecule has 0 unspecified atom stereocenters. The van der Waals surface area contributed by atoms with Gasteiger partial charge in [-0.1, -0.05) is 46.3 Å². The van der Waals surface area contributed by atoms with E-state index in [1.54, 1.807) is 0 Å². The molecule has 0 atom stereocenters. The minimum Gasteiger partial charge on any atom is -0.381 e. The zero-order valence-corrected chi connectivity index (χ0v) is 10.4. The van der Waals surface area contributed by atoms with E-state index in [0.717, 1.165) is 17.4 Å². The van der Waals surface area contributed by atoms with Gasteiger partial charge < -0.3 is 5.32 Å². The molecule has 0 aromatic heterocycles. The number of rotatable bonds is 0. The van der Waals surface area contributed by atoms with Crippen LogP contribution < -0.4 is 5.32 Å². The van der Waals surface area contributed by atoms with E-state index in [1.807, 2.05) is 0 Å². The molecule has 0 aliphatic carbocycles. The van der Waals surface area contributed by atoms with E-state index in [-0.39, 0.29) is 0 Å². The topological polar surface area (TPSA) is 12.0 Å². The van der Waals surface area contributed by atoms with Crippen molar-refractivity contribution >= 4 is 21.6 Å². The summed E-state index contributed by atoms with van der Waals surface area (Å²) in [5.74, 6) is 0. The fraction of sp³-hybridized carbons (Fsp3) is 0.143. The molecule has 2 aromatic rings. The van der Waals surface area contributed by atoms with Crippen LogP contribution in [0.2, 0.25) is 0 Å². The predicted molar refractivity (Wildman–Crippen MR) is 70.7 cm³/mol. The molecule has 16 heavy (non-hydrogen) atoms. The monoisotopic (exact) mass is 273 g/mol. The van der Waals surface area contributed by atoms with Gasteiger partial charge in [0.15, 0.2) is 0 Å². The zero-order chi connectivity index (χ0) is 11.0. The predicted octanol–water partition coefficient (Wildman–Crippen LogP) is 3.97. The lowest BCUT2D eigenvalue weighted by Gasteiger charge is -2.07. The average molecular weight is 274 g/mol. The van der Waals surface area contributed by atoms with Crippen molar-refractivity contribution in [3.05, 3.63) is 63.6 Å². The normalized spacial score (nSPS) is 13.3. The molecular weight excluding hydrogens is 262 g/mol. The number of nitrogens with one attached hydrogen (secondary N) is 1. The Morgan fingerprint density at radius 2 is 1.75 bits per heavy atom. The van der Waals surface area contributed by atoms with Crippen molar-refractivity contribution in [2.45, 2.75) is 13.0 Å². The van der Waals surface area contributed by atoms with E-state index in [2.05, 4.69) is 63.7 Å². The molecule has 0 radical (unpaired) electrons. The minimum atomic E-state index is 0.916. The lowest BCUT2D eigenvalue weighted by molar-refractivity contribution is 1.12. The maximum absolute atomic E-state index is 3.51. The second-order valence-corrected chi connectivity index (χ2v) is 5.02.